The lowest BCUT2D eigenvalue weighted by Crippen LogP contribution is -2.30. The number of benzene rings is 1. The highest BCUT2D eigenvalue weighted by molar-refractivity contribution is 7.17. The molecule has 0 spiro atoms. The van der Waals surface area contributed by atoms with E-state index in [9.17, 15) is 9.59 Å². The summed E-state index contributed by atoms with van der Waals surface area (Å²) in [5.41, 5.74) is 1.26. The second kappa shape index (κ2) is 9.65. The van der Waals surface area contributed by atoms with Crippen molar-refractivity contribution in [1.29, 1.82) is 0 Å². The molecule has 0 saturated heterocycles. The van der Waals surface area contributed by atoms with Gasteiger partial charge in [0.2, 0.25) is 0 Å². The zero-order chi connectivity index (χ0) is 22.5. The highest BCUT2D eigenvalue weighted by Gasteiger charge is 2.24. The number of hydrogen-bond donors (Lipinski definition) is 1. The Morgan fingerprint density at radius 3 is 2.45 bits per heavy atom. The van der Waals surface area contributed by atoms with Crippen LogP contribution in [0.3, 0.4) is 0 Å². The van der Waals surface area contributed by atoms with E-state index >= 15 is 0 Å². The fourth-order valence-corrected chi connectivity index (χ4v) is 3.99. The van der Waals surface area contributed by atoms with E-state index in [0.29, 0.717) is 38.4 Å². The summed E-state index contributed by atoms with van der Waals surface area (Å²) in [6, 6.07) is 8.25. The number of nitrogens with zero attached hydrogens (tertiary/aromatic N) is 1. The monoisotopic (exact) mass is 444 g/mol. The number of carbonyl (C=O) groups excluding carboxylic acids is 2. The predicted molar refractivity (Wildman–Crippen MR) is 116 cm³/mol. The summed E-state index contributed by atoms with van der Waals surface area (Å²) in [6.45, 7) is 3.61. The molecule has 0 aliphatic rings. The van der Waals surface area contributed by atoms with E-state index < -0.39 is 12.0 Å². The third kappa shape index (κ3) is 5.05. The topological polar surface area (TPSA) is 99.9 Å². The Balaban J connectivity index is 1.89. The third-order valence-electron chi connectivity index (χ3n) is 4.67. The van der Waals surface area contributed by atoms with Crippen LogP contribution in [0, 0.1) is 13.8 Å². The lowest BCUT2D eigenvalue weighted by Gasteiger charge is -2.19. The van der Waals surface area contributed by atoms with E-state index in [1.165, 1.54) is 32.7 Å². The first-order valence-corrected chi connectivity index (χ1v) is 10.3. The van der Waals surface area contributed by atoms with Crippen molar-refractivity contribution in [2.75, 3.05) is 21.3 Å². The van der Waals surface area contributed by atoms with Crippen LogP contribution in [-0.2, 0) is 9.53 Å². The van der Waals surface area contributed by atoms with Crippen molar-refractivity contribution in [1.82, 2.24) is 10.3 Å². The van der Waals surface area contributed by atoms with Gasteiger partial charge in [-0.3, -0.25) is 9.59 Å². The number of nitrogens with one attached hydrogen (secondary N) is 1. The van der Waals surface area contributed by atoms with Gasteiger partial charge in [-0.2, -0.15) is 0 Å². The number of furan rings is 1. The number of thiazole rings is 1. The van der Waals surface area contributed by atoms with Crippen molar-refractivity contribution in [3.63, 3.8) is 0 Å². The molecule has 0 radical (unpaired) electrons. The number of hydrogen-bond acceptors (Lipinski definition) is 8. The molecule has 1 unspecified atom stereocenters. The molecule has 8 nitrogen and oxygen atoms in total. The zero-order valence-corrected chi connectivity index (χ0v) is 18.8. The summed E-state index contributed by atoms with van der Waals surface area (Å²) in [6.07, 6.45) is -0.0419. The normalized spacial score (nSPS) is 11.6. The maximum Gasteiger partial charge on any atom is 0.307 e. The van der Waals surface area contributed by atoms with E-state index in [1.54, 1.807) is 25.1 Å². The molecule has 0 aliphatic heterocycles. The number of aryl methyl sites for hydroxylation is 2. The van der Waals surface area contributed by atoms with Crippen LogP contribution in [0.25, 0.3) is 10.8 Å². The summed E-state index contributed by atoms with van der Waals surface area (Å²) in [7, 11) is 4.37. The lowest BCUT2D eigenvalue weighted by atomic mass is 10.0. The van der Waals surface area contributed by atoms with Crippen LogP contribution in [0.15, 0.2) is 34.7 Å². The Bertz CT molecular complexity index is 1090. The van der Waals surface area contributed by atoms with Crippen LogP contribution in [-0.4, -0.2) is 38.2 Å². The molecule has 1 N–H and O–H groups in total. The molecule has 2 heterocycles. The third-order valence-corrected chi connectivity index (χ3v) is 5.84. The minimum atomic E-state index is -0.629. The van der Waals surface area contributed by atoms with Gasteiger partial charge in [0.05, 0.1) is 39.5 Å². The first-order chi connectivity index (χ1) is 14.9. The molecule has 2 aromatic heterocycles. The summed E-state index contributed by atoms with van der Waals surface area (Å²) in [5.74, 6) is 1.62. The minimum absolute atomic E-state index is 0.0419. The smallest absolute Gasteiger partial charge is 0.307 e. The van der Waals surface area contributed by atoms with Crippen LogP contribution in [0.5, 0.6) is 11.5 Å². The van der Waals surface area contributed by atoms with Crippen LogP contribution in [0.2, 0.25) is 0 Å². The number of ether oxygens (including phenoxy) is 3. The molecule has 31 heavy (non-hydrogen) atoms. The van der Waals surface area contributed by atoms with E-state index in [0.717, 1.165) is 5.76 Å². The molecule has 9 heteroatoms. The van der Waals surface area contributed by atoms with Gasteiger partial charge in [-0.15, -0.1) is 11.3 Å². The Labute approximate surface area is 184 Å². The highest BCUT2D eigenvalue weighted by Crippen LogP contribution is 2.33. The number of carbonyl (C=O) groups is 2. The fourth-order valence-electron chi connectivity index (χ4n) is 3.06. The van der Waals surface area contributed by atoms with Crippen molar-refractivity contribution in [2.24, 2.45) is 0 Å². The second-order valence-electron chi connectivity index (χ2n) is 6.76. The molecule has 3 rings (SSSR count). The molecule has 0 aliphatic carbocycles. The molecule has 0 saturated carbocycles. The molecule has 3 aromatic rings. The van der Waals surface area contributed by atoms with Crippen molar-refractivity contribution in [2.45, 2.75) is 26.3 Å². The summed E-state index contributed by atoms with van der Waals surface area (Å²) < 4.78 is 21.0. The van der Waals surface area contributed by atoms with Gasteiger partial charge in [-0.25, -0.2) is 4.98 Å². The number of esters is 1. The van der Waals surface area contributed by atoms with Gasteiger partial charge < -0.3 is 23.9 Å². The molecule has 164 valence electrons. The van der Waals surface area contributed by atoms with Crippen molar-refractivity contribution in [3.8, 4) is 22.3 Å². The van der Waals surface area contributed by atoms with E-state index in [2.05, 4.69) is 10.3 Å². The number of methoxy groups -OCH3 is 3. The van der Waals surface area contributed by atoms with Gasteiger partial charge in [0, 0.05) is 0 Å². The summed E-state index contributed by atoms with van der Waals surface area (Å²) in [5, 5.41) is 3.54. The zero-order valence-electron chi connectivity index (χ0n) is 18.0. The van der Waals surface area contributed by atoms with E-state index in [-0.39, 0.29) is 12.3 Å². The maximum absolute atomic E-state index is 13.1. The van der Waals surface area contributed by atoms with Crippen LogP contribution in [0.1, 0.15) is 39.2 Å². The molecule has 1 amide bonds. The molecule has 0 fully saturated rings. The van der Waals surface area contributed by atoms with Gasteiger partial charge in [0.15, 0.2) is 22.3 Å². The summed E-state index contributed by atoms with van der Waals surface area (Å²) >= 11 is 1.23. The minimum Gasteiger partial charge on any atom is -0.493 e. The van der Waals surface area contributed by atoms with Gasteiger partial charge in [-0.05, 0) is 43.7 Å². The van der Waals surface area contributed by atoms with Crippen LogP contribution >= 0.6 is 11.3 Å². The number of rotatable bonds is 8. The van der Waals surface area contributed by atoms with E-state index in [1.807, 2.05) is 19.1 Å². The second-order valence-corrected chi connectivity index (χ2v) is 7.76. The molecular weight excluding hydrogens is 420 g/mol. The molecular formula is C22H24N2O6S. The van der Waals surface area contributed by atoms with Crippen molar-refractivity contribution in [3.05, 3.63) is 52.2 Å². The summed E-state index contributed by atoms with van der Waals surface area (Å²) in [4.78, 5) is 30.0. The first kappa shape index (κ1) is 22.4. The van der Waals surface area contributed by atoms with Crippen molar-refractivity contribution >= 4 is 23.2 Å². The predicted octanol–water partition coefficient (Wildman–Crippen LogP) is 4.07. The Hall–Kier alpha value is -3.33. The van der Waals surface area contributed by atoms with Gasteiger partial charge in [0.25, 0.3) is 5.91 Å². The first-order valence-electron chi connectivity index (χ1n) is 9.50. The average molecular weight is 445 g/mol. The van der Waals surface area contributed by atoms with Crippen LogP contribution < -0.4 is 14.8 Å². The quantitative estimate of drug-likeness (QED) is 0.523. The Kier molecular flexibility index (Phi) is 6.96. The van der Waals surface area contributed by atoms with Crippen molar-refractivity contribution < 1.29 is 28.2 Å². The SMILES string of the molecule is COC(=O)CC(NC(=O)c1sc(-c2ccc(C)o2)nc1C)c1ccc(OC)c(OC)c1. The fraction of sp³-hybridized carbons (Fsp3) is 0.318. The molecule has 1 aromatic carbocycles. The lowest BCUT2D eigenvalue weighted by molar-refractivity contribution is -0.141. The molecule has 1 atom stereocenters. The van der Waals surface area contributed by atoms with Crippen LogP contribution in [0.4, 0.5) is 0 Å². The molecule has 0 bridgehead atoms. The maximum atomic E-state index is 13.1. The van der Waals surface area contributed by atoms with Gasteiger partial charge in [-0.1, -0.05) is 6.07 Å². The van der Waals surface area contributed by atoms with Gasteiger partial charge >= 0.3 is 5.97 Å². The van der Waals surface area contributed by atoms with E-state index in [4.69, 9.17) is 18.6 Å². The largest absolute Gasteiger partial charge is 0.493 e. The van der Waals surface area contributed by atoms with Gasteiger partial charge in [0.1, 0.15) is 10.6 Å². The highest BCUT2D eigenvalue weighted by atomic mass is 32.1. The Morgan fingerprint density at radius 2 is 1.84 bits per heavy atom. The number of aromatic nitrogens is 1. The average Bonchev–Trinajstić information content (AvgIpc) is 3.37. The standard InChI is InChI=1S/C22H24N2O6S/c1-12-6-8-17(30-12)22-23-13(2)20(31-22)21(26)24-15(11-19(25)29-5)14-7-9-16(27-3)18(10-14)28-4/h6-10,15H,11H2,1-5H3,(H,24,26). The Morgan fingerprint density at radius 1 is 1.10 bits per heavy atom. The number of amides is 1.